The van der Waals surface area contributed by atoms with Crippen LogP contribution in [0.2, 0.25) is 0 Å². The molecular weight excluding hydrogens is 229 g/mol. The summed E-state index contributed by atoms with van der Waals surface area (Å²) in [6.07, 6.45) is 0. The molecule has 0 spiro atoms. The summed E-state index contributed by atoms with van der Waals surface area (Å²) >= 11 is 0. The number of fused-ring (bicyclic) bond motifs is 1. The minimum absolute atomic E-state index is 0.0178. The summed E-state index contributed by atoms with van der Waals surface area (Å²) in [4.78, 5) is 0. The average molecular weight is 243 g/mol. The van der Waals surface area contributed by atoms with Crippen molar-refractivity contribution >= 4 is 0 Å². The smallest absolute Gasteiger partial charge is 0.211 e. The summed E-state index contributed by atoms with van der Waals surface area (Å²) in [5.74, 6) is -0.352. The fourth-order valence-electron chi connectivity index (χ4n) is 1.73. The van der Waals surface area contributed by atoms with Crippen molar-refractivity contribution < 1.29 is 23.7 Å². The van der Waals surface area contributed by atoms with E-state index in [0.29, 0.717) is 18.8 Å². The molecule has 0 amide bonds. The molecular formula is C11H14FNO4. The third kappa shape index (κ3) is 2.01. The van der Waals surface area contributed by atoms with E-state index in [1.807, 2.05) is 0 Å². The maximum atomic E-state index is 14.0. The molecule has 2 rings (SSSR count). The molecule has 1 atom stereocenters. The number of halogens is 1. The number of nitrogens with two attached hydrogens (primary N) is 1. The monoisotopic (exact) mass is 243 g/mol. The molecule has 0 saturated heterocycles. The van der Waals surface area contributed by atoms with Crippen LogP contribution in [0, 0.1) is 5.82 Å². The second-order valence-corrected chi connectivity index (χ2v) is 3.63. The summed E-state index contributed by atoms with van der Waals surface area (Å²) in [5.41, 5.74) is 6.04. The van der Waals surface area contributed by atoms with E-state index < -0.39 is 11.9 Å². The van der Waals surface area contributed by atoms with Gasteiger partial charge in [0.1, 0.15) is 13.2 Å². The molecule has 6 heteroatoms. The average Bonchev–Trinajstić information content (AvgIpc) is 2.37. The summed E-state index contributed by atoms with van der Waals surface area (Å²) in [7, 11) is 1.34. The van der Waals surface area contributed by atoms with Crippen molar-refractivity contribution in [2.24, 2.45) is 5.73 Å². The fraction of sp³-hybridized carbons (Fsp3) is 0.455. The first-order chi connectivity index (χ1) is 8.19. The summed E-state index contributed by atoms with van der Waals surface area (Å²) < 4.78 is 29.5. The number of benzene rings is 1. The minimum Gasteiger partial charge on any atom is -0.493 e. The first-order valence-electron chi connectivity index (χ1n) is 5.21. The van der Waals surface area contributed by atoms with E-state index in [4.69, 9.17) is 25.1 Å². The zero-order valence-electron chi connectivity index (χ0n) is 9.40. The molecule has 5 nitrogen and oxygen atoms in total. The van der Waals surface area contributed by atoms with Crippen molar-refractivity contribution in [1.82, 2.24) is 0 Å². The standard InChI is InChI=1S/C11H14FNO4/c1-15-10-6(7(13)5-14)4-8-11(9(10)12)17-3-2-16-8/h4,7,14H,2-3,5,13H2,1H3. The Kier molecular flexibility index (Phi) is 3.35. The van der Waals surface area contributed by atoms with Gasteiger partial charge >= 0.3 is 0 Å². The molecule has 1 heterocycles. The molecule has 0 aromatic heterocycles. The quantitative estimate of drug-likeness (QED) is 0.813. The Bertz CT molecular complexity index is 424. The predicted octanol–water partition coefficient (Wildman–Crippen LogP) is 0.598. The van der Waals surface area contributed by atoms with Crippen LogP contribution >= 0.6 is 0 Å². The molecule has 17 heavy (non-hydrogen) atoms. The molecule has 1 aromatic carbocycles. The van der Waals surface area contributed by atoms with E-state index in [2.05, 4.69) is 0 Å². The highest BCUT2D eigenvalue weighted by atomic mass is 19.1. The van der Waals surface area contributed by atoms with Crippen LogP contribution in [0.15, 0.2) is 6.07 Å². The summed E-state index contributed by atoms with van der Waals surface area (Å²) in [6, 6.07) is 0.812. The molecule has 0 aliphatic carbocycles. The summed E-state index contributed by atoms with van der Waals surface area (Å²) in [5, 5.41) is 9.03. The van der Waals surface area contributed by atoms with E-state index in [9.17, 15) is 4.39 Å². The van der Waals surface area contributed by atoms with Gasteiger partial charge in [0, 0.05) is 5.56 Å². The Labute approximate surface area is 97.9 Å². The van der Waals surface area contributed by atoms with Gasteiger partial charge in [-0.2, -0.15) is 4.39 Å². The molecule has 1 aliphatic rings. The van der Waals surface area contributed by atoms with Gasteiger partial charge in [-0.15, -0.1) is 0 Å². The topological polar surface area (TPSA) is 73.9 Å². The van der Waals surface area contributed by atoms with Gasteiger partial charge in [-0.1, -0.05) is 0 Å². The molecule has 0 bridgehead atoms. The van der Waals surface area contributed by atoms with Gasteiger partial charge in [0.15, 0.2) is 11.5 Å². The van der Waals surface area contributed by atoms with Gasteiger partial charge < -0.3 is 25.1 Å². The minimum atomic E-state index is -0.727. The van der Waals surface area contributed by atoms with Gasteiger partial charge in [0.25, 0.3) is 0 Å². The van der Waals surface area contributed by atoms with Crippen molar-refractivity contribution in [3.05, 3.63) is 17.4 Å². The normalized spacial score (nSPS) is 15.5. The number of aliphatic hydroxyl groups excluding tert-OH is 1. The zero-order valence-corrected chi connectivity index (χ0v) is 9.40. The van der Waals surface area contributed by atoms with Crippen LogP contribution in [0.5, 0.6) is 17.2 Å². The van der Waals surface area contributed by atoms with Crippen LogP contribution in [0.3, 0.4) is 0 Å². The zero-order chi connectivity index (χ0) is 12.4. The van der Waals surface area contributed by atoms with Crippen molar-refractivity contribution in [3.63, 3.8) is 0 Å². The number of hydrogen-bond donors (Lipinski definition) is 2. The number of hydrogen-bond acceptors (Lipinski definition) is 5. The van der Waals surface area contributed by atoms with E-state index in [0.717, 1.165) is 0 Å². The van der Waals surface area contributed by atoms with Crippen LogP contribution in [0.25, 0.3) is 0 Å². The van der Waals surface area contributed by atoms with E-state index >= 15 is 0 Å². The van der Waals surface area contributed by atoms with Gasteiger partial charge in [0.05, 0.1) is 19.8 Å². The fourth-order valence-corrected chi connectivity index (χ4v) is 1.73. The lowest BCUT2D eigenvalue weighted by Gasteiger charge is -2.23. The highest BCUT2D eigenvalue weighted by Crippen LogP contribution is 2.42. The van der Waals surface area contributed by atoms with Crippen LogP contribution in [-0.2, 0) is 0 Å². The van der Waals surface area contributed by atoms with Crippen LogP contribution in [0.4, 0.5) is 4.39 Å². The Balaban J connectivity index is 2.55. The van der Waals surface area contributed by atoms with E-state index in [1.165, 1.54) is 13.2 Å². The van der Waals surface area contributed by atoms with Crippen molar-refractivity contribution in [2.45, 2.75) is 6.04 Å². The molecule has 0 radical (unpaired) electrons. The summed E-state index contributed by atoms with van der Waals surface area (Å²) in [6.45, 7) is 0.334. The second kappa shape index (κ2) is 4.77. The number of aliphatic hydroxyl groups is 1. The molecule has 1 aliphatic heterocycles. The van der Waals surface area contributed by atoms with Gasteiger partial charge in [-0.3, -0.25) is 0 Å². The lowest BCUT2D eigenvalue weighted by atomic mass is 10.1. The lowest BCUT2D eigenvalue weighted by molar-refractivity contribution is 0.161. The lowest BCUT2D eigenvalue weighted by Crippen LogP contribution is -2.20. The highest BCUT2D eigenvalue weighted by molar-refractivity contribution is 5.53. The Morgan fingerprint density at radius 3 is 2.88 bits per heavy atom. The second-order valence-electron chi connectivity index (χ2n) is 3.63. The third-order valence-electron chi connectivity index (χ3n) is 2.56. The SMILES string of the molecule is COc1c(C(N)CO)cc2c(c1F)OCCO2. The molecule has 1 aromatic rings. The largest absolute Gasteiger partial charge is 0.493 e. The number of methoxy groups -OCH3 is 1. The maximum Gasteiger partial charge on any atom is 0.211 e. The Hall–Kier alpha value is -1.53. The van der Waals surface area contributed by atoms with Gasteiger partial charge in [-0.05, 0) is 6.07 Å². The molecule has 3 N–H and O–H groups in total. The van der Waals surface area contributed by atoms with Crippen molar-refractivity contribution in [3.8, 4) is 17.2 Å². The van der Waals surface area contributed by atoms with Gasteiger partial charge in [-0.25, -0.2) is 0 Å². The van der Waals surface area contributed by atoms with Gasteiger partial charge in [0.2, 0.25) is 11.6 Å². The number of ether oxygens (including phenoxy) is 3. The predicted molar refractivity (Wildman–Crippen MR) is 58.0 cm³/mol. The van der Waals surface area contributed by atoms with Crippen LogP contribution in [-0.4, -0.2) is 32.0 Å². The van der Waals surface area contributed by atoms with Crippen LogP contribution in [0.1, 0.15) is 11.6 Å². The van der Waals surface area contributed by atoms with E-state index in [-0.39, 0.29) is 23.9 Å². The first kappa shape index (κ1) is 11.9. The van der Waals surface area contributed by atoms with Crippen molar-refractivity contribution in [2.75, 3.05) is 26.9 Å². The number of rotatable bonds is 3. The molecule has 0 fully saturated rings. The molecule has 0 saturated carbocycles. The van der Waals surface area contributed by atoms with E-state index in [1.54, 1.807) is 0 Å². The highest BCUT2D eigenvalue weighted by Gasteiger charge is 2.26. The maximum absolute atomic E-state index is 14.0. The van der Waals surface area contributed by atoms with Crippen LogP contribution < -0.4 is 19.9 Å². The molecule has 94 valence electrons. The Morgan fingerprint density at radius 1 is 1.53 bits per heavy atom. The van der Waals surface area contributed by atoms with Crippen molar-refractivity contribution in [1.29, 1.82) is 0 Å². The Morgan fingerprint density at radius 2 is 2.24 bits per heavy atom. The molecule has 1 unspecified atom stereocenters. The first-order valence-corrected chi connectivity index (χ1v) is 5.21. The third-order valence-corrected chi connectivity index (χ3v) is 2.56.